The minimum absolute atomic E-state index is 0.160. The number of nitrogens with zero attached hydrogens (tertiary/aromatic N) is 1. The fourth-order valence-electron chi connectivity index (χ4n) is 1.82. The lowest BCUT2D eigenvalue weighted by Crippen LogP contribution is -1.96. The summed E-state index contributed by atoms with van der Waals surface area (Å²) in [5, 5.41) is 8.94. The summed E-state index contributed by atoms with van der Waals surface area (Å²) in [6, 6.07) is 6.10. The van der Waals surface area contributed by atoms with Crippen LogP contribution < -0.4 is 9.47 Å². The standard InChI is InChI=1S/C12H13NO2/c1-8(7-13)11-6-10(14-2)5-9-3-4-15-12(9)11/h5-6,8H,3-4H2,1-2H3. The molecule has 0 spiro atoms. The van der Waals surface area contributed by atoms with Crippen LogP contribution in [-0.2, 0) is 6.42 Å². The summed E-state index contributed by atoms with van der Waals surface area (Å²) in [7, 11) is 1.64. The minimum Gasteiger partial charge on any atom is -0.497 e. The largest absolute Gasteiger partial charge is 0.497 e. The molecule has 0 bridgehead atoms. The lowest BCUT2D eigenvalue weighted by atomic mass is 9.98. The number of ether oxygens (including phenoxy) is 2. The van der Waals surface area contributed by atoms with Crippen molar-refractivity contribution in [1.29, 1.82) is 5.26 Å². The average Bonchev–Trinajstić information content (AvgIpc) is 2.74. The predicted molar refractivity (Wildman–Crippen MR) is 56.2 cm³/mol. The molecule has 1 aromatic carbocycles. The molecule has 3 heteroatoms. The van der Waals surface area contributed by atoms with E-state index in [0.29, 0.717) is 6.61 Å². The van der Waals surface area contributed by atoms with Gasteiger partial charge in [0.1, 0.15) is 11.5 Å². The molecular weight excluding hydrogens is 190 g/mol. The third kappa shape index (κ3) is 1.63. The SMILES string of the molecule is COc1cc2c(c(C(C)C#N)c1)OCC2. The Morgan fingerprint density at radius 1 is 1.53 bits per heavy atom. The third-order valence-electron chi connectivity index (χ3n) is 2.68. The Kier molecular flexibility index (Phi) is 2.51. The van der Waals surface area contributed by atoms with Crippen LogP contribution in [0.25, 0.3) is 0 Å². The summed E-state index contributed by atoms with van der Waals surface area (Å²) in [4.78, 5) is 0. The van der Waals surface area contributed by atoms with Crippen LogP contribution in [0.3, 0.4) is 0 Å². The highest BCUT2D eigenvalue weighted by Gasteiger charge is 2.21. The maximum Gasteiger partial charge on any atom is 0.127 e. The second-order valence-electron chi connectivity index (χ2n) is 3.65. The first-order chi connectivity index (χ1) is 7.26. The van der Waals surface area contributed by atoms with Crippen molar-refractivity contribution in [2.75, 3.05) is 13.7 Å². The molecule has 0 N–H and O–H groups in total. The van der Waals surface area contributed by atoms with Crippen molar-refractivity contribution >= 4 is 0 Å². The van der Waals surface area contributed by atoms with Gasteiger partial charge in [-0.1, -0.05) is 0 Å². The van der Waals surface area contributed by atoms with Crippen molar-refractivity contribution in [3.05, 3.63) is 23.3 Å². The minimum atomic E-state index is -0.160. The number of fused-ring (bicyclic) bond motifs is 1. The Morgan fingerprint density at radius 2 is 2.33 bits per heavy atom. The summed E-state index contributed by atoms with van der Waals surface area (Å²) >= 11 is 0. The fourth-order valence-corrected chi connectivity index (χ4v) is 1.82. The average molecular weight is 203 g/mol. The van der Waals surface area contributed by atoms with Gasteiger partial charge in [0.15, 0.2) is 0 Å². The van der Waals surface area contributed by atoms with Crippen molar-refractivity contribution in [3.63, 3.8) is 0 Å². The van der Waals surface area contributed by atoms with E-state index in [1.807, 2.05) is 19.1 Å². The number of methoxy groups -OCH3 is 1. The lowest BCUT2D eigenvalue weighted by Gasteiger charge is -2.11. The van der Waals surface area contributed by atoms with Gasteiger partial charge in [-0.25, -0.2) is 0 Å². The summed E-state index contributed by atoms with van der Waals surface area (Å²) in [5.74, 6) is 1.52. The number of nitriles is 1. The van der Waals surface area contributed by atoms with Crippen LogP contribution in [0.2, 0.25) is 0 Å². The molecule has 0 saturated heterocycles. The van der Waals surface area contributed by atoms with Crippen molar-refractivity contribution in [2.24, 2.45) is 0 Å². The maximum atomic E-state index is 8.94. The molecule has 1 unspecified atom stereocenters. The Balaban J connectivity index is 2.53. The van der Waals surface area contributed by atoms with Crippen molar-refractivity contribution < 1.29 is 9.47 Å². The molecule has 1 aliphatic rings. The molecule has 0 aromatic heterocycles. The molecule has 1 atom stereocenters. The maximum absolute atomic E-state index is 8.94. The molecule has 2 rings (SSSR count). The van der Waals surface area contributed by atoms with E-state index in [1.54, 1.807) is 7.11 Å². The van der Waals surface area contributed by atoms with E-state index < -0.39 is 0 Å². The van der Waals surface area contributed by atoms with E-state index in [0.717, 1.165) is 29.0 Å². The molecule has 15 heavy (non-hydrogen) atoms. The summed E-state index contributed by atoms with van der Waals surface area (Å²) < 4.78 is 10.8. The van der Waals surface area contributed by atoms with Crippen LogP contribution in [0.1, 0.15) is 24.0 Å². The molecule has 0 amide bonds. The van der Waals surface area contributed by atoms with E-state index >= 15 is 0 Å². The van der Waals surface area contributed by atoms with Crippen LogP contribution in [0.4, 0.5) is 0 Å². The molecule has 1 aromatic rings. The topological polar surface area (TPSA) is 42.2 Å². The van der Waals surface area contributed by atoms with Crippen molar-refractivity contribution in [3.8, 4) is 17.6 Å². The van der Waals surface area contributed by atoms with E-state index in [9.17, 15) is 0 Å². The van der Waals surface area contributed by atoms with Crippen LogP contribution in [0.15, 0.2) is 12.1 Å². The first kappa shape index (κ1) is 9.85. The second-order valence-corrected chi connectivity index (χ2v) is 3.65. The van der Waals surface area contributed by atoms with Crippen LogP contribution in [0, 0.1) is 11.3 Å². The van der Waals surface area contributed by atoms with Gasteiger partial charge in [-0.3, -0.25) is 0 Å². The van der Waals surface area contributed by atoms with Gasteiger partial charge in [0, 0.05) is 17.5 Å². The zero-order valence-corrected chi connectivity index (χ0v) is 8.91. The lowest BCUT2D eigenvalue weighted by molar-refractivity contribution is 0.352. The van der Waals surface area contributed by atoms with Gasteiger partial charge in [0.2, 0.25) is 0 Å². The molecule has 1 heterocycles. The Morgan fingerprint density at radius 3 is 3.00 bits per heavy atom. The predicted octanol–water partition coefficient (Wildman–Crippen LogP) is 2.26. The zero-order chi connectivity index (χ0) is 10.8. The van der Waals surface area contributed by atoms with Gasteiger partial charge in [0.25, 0.3) is 0 Å². The van der Waals surface area contributed by atoms with Gasteiger partial charge in [-0.05, 0) is 19.1 Å². The van der Waals surface area contributed by atoms with Gasteiger partial charge in [-0.15, -0.1) is 0 Å². The first-order valence-electron chi connectivity index (χ1n) is 4.99. The highest BCUT2D eigenvalue weighted by molar-refractivity contribution is 5.51. The normalized spacial score (nSPS) is 15.0. The number of benzene rings is 1. The summed E-state index contributed by atoms with van der Waals surface area (Å²) in [6.45, 7) is 2.57. The quantitative estimate of drug-likeness (QED) is 0.740. The molecule has 0 saturated carbocycles. The van der Waals surface area contributed by atoms with Crippen LogP contribution >= 0.6 is 0 Å². The third-order valence-corrected chi connectivity index (χ3v) is 2.68. The monoisotopic (exact) mass is 203 g/mol. The van der Waals surface area contributed by atoms with Gasteiger partial charge < -0.3 is 9.47 Å². The molecule has 1 aliphatic heterocycles. The molecule has 0 aliphatic carbocycles. The number of hydrogen-bond donors (Lipinski definition) is 0. The molecule has 0 radical (unpaired) electrons. The zero-order valence-electron chi connectivity index (χ0n) is 8.91. The molecule has 0 fully saturated rings. The first-order valence-corrected chi connectivity index (χ1v) is 4.99. The smallest absolute Gasteiger partial charge is 0.127 e. The fraction of sp³-hybridized carbons (Fsp3) is 0.417. The highest BCUT2D eigenvalue weighted by Crippen LogP contribution is 2.37. The molecular formula is C12H13NO2. The summed E-state index contributed by atoms with van der Waals surface area (Å²) in [5.41, 5.74) is 2.08. The van der Waals surface area contributed by atoms with E-state index in [2.05, 4.69) is 6.07 Å². The molecule has 78 valence electrons. The Hall–Kier alpha value is -1.69. The van der Waals surface area contributed by atoms with Crippen molar-refractivity contribution in [1.82, 2.24) is 0 Å². The highest BCUT2D eigenvalue weighted by atomic mass is 16.5. The van der Waals surface area contributed by atoms with E-state index in [1.165, 1.54) is 0 Å². The van der Waals surface area contributed by atoms with Gasteiger partial charge >= 0.3 is 0 Å². The van der Waals surface area contributed by atoms with E-state index in [4.69, 9.17) is 14.7 Å². The second kappa shape index (κ2) is 3.82. The summed E-state index contributed by atoms with van der Waals surface area (Å²) in [6.07, 6.45) is 0.900. The molecule has 3 nitrogen and oxygen atoms in total. The Bertz CT molecular complexity index is 420. The number of hydrogen-bond acceptors (Lipinski definition) is 3. The van der Waals surface area contributed by atoms with Gasteiger partial charge in [-0.2, -0.15) is 5.26 Å². The van der Waals surface area contributed by atoms with Crippen molar-refractivity contribution in [2.45, 2.75) is 19.3 Å². The van der Waals surface area contributed by atoms with Crippen LogP contribution in [0.5, 0.6) is 11.5 Å². The van der Waals surface area contributed by atoms with E-state index in [-0.39, 0.29) is 5.92 Å². The van der Waals surface area contributed by atoms with Gasteiger partial charge in [0.05, 0.1) is 25.7 Å². The Labute approximate surface area is 89.2 Å². The number of rotatable bonds is 2. The van der Waals surface area contributed by atoms with Crippen LogP contribution in [-0.4, -0.2) is 13.7 Å².